The van der Waals surface area contributed by atoms with Crippen molar-refractivity contribution in [3.63, 3.8) is 0 Å². The number of para-hydroxylation sites is 1. The SMILES string of the molecule is CN=C(NCC(C)Oc1ccccc1)N1CCC(CN2CCCCC2)C1.I. The van der Waals surface area contributed by atoms with Gasteiger partial charge < -0.3 is 19.9 Å². The van der Waals surface area contributed by atoms with Crippen LogP contribution in [0, 0.1) is 5.92 Å². The van der Waals surface area contributed by atoms with E-state index in [1.54, 1.807) is 0 Å². The van der Waals surface area contributed by atoms with E-state index in [-0.39, 0.29) is 30.1 Å². The summed E-state index contributed by atoms with van der Waals surface area (Å²) in [7, 11) is 1.88. The first-order valence-corrected chi connectivity index (χ1v) is 10.1. The van der Waals surface area contributed by atoms with Gasteiger partial charge in [-0.25, -0.2) is 0 Å². The van der Waals surface area contributed by atoms with Gasteiger partial charge in [0, 0.05) is 26.7 Å². The van der Waals surface area contributed by atoms with Crippen LogP contribution in [0.25, 0.3) is 0 Å². The van der Waals surface area contributed by atoms with E-state index in [1.165, 1.54) is 45.3 Å². The zero-order chi connectivity index (χ0) is 18.2. The second kappa shape index (κ2) is 11.7. The summed E-state index contributed by atoms with van der Waals surface area (Å²) in [6.45, 7) is 8.90. The first-order chi connectivity index (χ1) is 12.7. The van der Waals surface area contributed by atoms with Crippen LogP contribution in [0.4, 0.5) is 0 Å². The summed E-state index contributed by atoms with van der Waals surface area (Å²) in [5.74, 6) is 2.69. The quantitative estimate of drug-likeness (QED) is 0.380. The summed E-state index contributed by atoms with van der Waals surface area (Å²) >= 11 is 0. The molecule has 0 bridgehead atoms. The van der Waals surface area contributed by atoms with Gasteiger partial charge in [0.05, 0.1) is 6.54 Å². The molecule has 0 aromatic heterocycles. The molecule has 0 aliphatic carbocycles. The van der Waals surface area contributed by atoms with E-state index in [4.69, 9.17) is 4.74 Å². The summed E-state index contributed by atoms with van der Waals surface area (Å²) in [6, 6.07) is 10.0. The van der Waals surface area contributed by atoms with E-state index >= 15 is 0 Å². The Kier molecular flexibility index (Phi) is 9.68. The molecule has 1 N–H and O–H groups in total. The molecule has 0 amide bonds. The molecule has 2 fully saturated rings. The van der Waals surface area contributed by atoms with Gasteiger partial charge in [-0.1, -0.05) is 24.6 Å². The zero-order valence-electron chi connectivity index (χ0n) is 16.8. The van der Waals surface area contributed by atoms with Crippen LogP contribution in [0.2, 0.25) is 0 Å². The molecule has 2 aliphatic rings. The number of benzene rings is 1. The van der Waals surface area contributed by atoms with Crippen molar-refractivity contribution in [1.29, 1.82) is 0 Å². The fourth-order valence-electron chi connectivity index (χ4n) is 4.02. The first kappa shape index (κ1) is 22.3. The fraction of sp³-hybridized carbons (Fsp3) is 0.667. The lowest BCUT2D eigenvalue weighted by atomic mass is 10.1. The first-order valence-electron chi connectivity index (χ1n) is 10.1. The van der Waals surface area contributed by atoms with E-state index in [9.17, 15) is 0 Å². The van der Waals surface area contributed by atoms with Crippen molar-refractivity contribution in [1.82, 2.24) is 15.1 Å². The van der Waals surface area contributed by atoms with E-state index in [2.05, 4.69) is 27.0 Å². The predicted molar refractivity (Wildman–Crippen MR) is 123 cm³/mol. The molecule has 152 valence electrons. The molecule has 27 heavy (non-hydrogen) atoms. The minimum Gasteiger partial charge on any atom is -0.489 e. The summed E-state index contributed by atoms with van der Waals surface area (Å²) in [4.78, 5) is 9.56. The van der Waals surface area contributed by atoms with Crippen LogP contribution in [-0.2, 0) is 0 Å². The minimum atomic E-state index is 0. The molecule has 2 saturated heterocycles. The van der Waals surface area contributed by atoms with E-state index in [0.29, 0.717) is 0 Å². The summed E-state index contributed by atoms with van der Waals surface area (Å²) < 4.78 is 5.95. The molecule has 2 heterocycles. The summed E-state index contributed by atoms with van der Waals surface area (Å²) in [5, 5.41) is 3.49. The van der Waals surface area contributed by atoms with Gasteiger partial charge in [0.1, 0.15) is 11.9 Å². The minimum absolute atomic E-state index is 0. The Hall–Kier alpha value is -1.02. The Morgan fingerprint density at radius 3 is 2.63 bits per heavy atom. The highest BCUT2D eigenvalue weighted by atomic mass is 127. The molecule has 3 rings (SSSR count). The van der Waals surface area contributed by atoms with Gasteiger partial charge in [0.2, 0.25) is 0 Å². The average Bonchev–Trinajstić information content (AvgIpc) is 3.12. The smallest absolute Gasteiger partial charge is 0.193 e. The maximum absolute atomic E-state index is 5.95. The summed E-state index contributed by atoms with van der Waals surface area (Å²) in [5.41, 5.74) is 0. The molecular weight excluding hydrogens is 451 g/mol. The molecule has 0 spiro atoms. The predicted octanol–water partition coefficient (Wildman–Crippen LogP) is 3.46. The van der Waals surface area contributed by atoms with Gasteiger partial charge in [0.15, 0.2) is 5.96 Å². The van der Waals surface area contributed by atoms with Crippen LogP contribution in [0.15, 0.2) is 35.3 Å². The lowest BCUT2D eigenvalue weighted by molar-refractivity contribution is 0.197. The number of halogens is 1. The van der Waals surface area contributed by atoms with Gasteiger partial charge in [-0.2, -0.15) is 0 Å². The van der Waals surface area contributed by atoms with Crippen LogP contribution in [0.5, 0.6) is 5.75 Å². The number of hydrogen-bond acceptors (Lipinski definition) is 3. The standard InChI is InChI=1S/C21H34N4O.HI/c1-18(26-20-9-5-3-6-10-20)15-23-21(22-2)25-14-11-19(17-25)16-24-12-7-4-8-13-24;/h3,5-6,9-10,18-19H,4,7-8,11-17H2,1-2H3,(H,22,23);1H. The molecule has 2 unspecified atom stereocenters. The van der Waals surface area contributed by atoms with Gasteiger partial charge in [-0.3, -0.25) is 4.99 Å². The van der Waals surface area contributed by atoms with Crippen molar-refractivity contribution >= 4 is 29.9 Å². The maximum Gasteiger partial charge on any atom is 0.193 e. The monoisotopic (exact) mass is 486 g/mol. The fourth-order valence-corrected chi connectivity index (χ4v) is 4.02. The zero-order valence-corrected chi connectivity index (χ0v) is 19.1. The van der Waals surface area contributed by atoms with Crippen LogP contribution < -0.4 is 10.1 Å². The third kappa shape index (κ3) is 7.14. The Bertz CT molecular complexity index is 563. The molecular formula is C21H35IN4O. The summed E-state index contributed by atoms with van der Waals surface area (Å²) in [6.07, 6.45) is 5.53. The molecule has 6 heteroatoms. The molecule has 2 atom stereocenters. The normalized spacial score (nSPS) is 22.2. The Labute approximate surface area is 181 Å². The largest absolute Gasteiger partial charge is 0.489 e. The number of hydrogen-bond donors (Lipinski definition) is 1. The molecule has 1 aromatic rings. The number of rotatable bonds is 6. The lowest BCUT2D eigenvalue weighted by Gasteiger charge is -2.29. The van der Waals surface area contributed by atoms with Crippen LogP contribution in [0.3, 0.4) is 0 Å². The molecule has 0 saturated carbocycles. The van der Waals surface area contributed by atoms with Crippen LogP contribution in [0.1, 0.15) is 32.6 Å². The Balaban J connectivity index is 0.00000261. The number of ether oxygens (including phenoxy) is 1. The number of likely N-dealkylation sites (tertiary alicyclic amines) is 2. The van der Waals surface area contributed by atoms with Crippen molar-refractivity contribution in [2.75, 3.05) is 46.3 Å². The van der Waals surface area contributed by atoms with Gasteiger partial charge in [-0.15, -0.1) is 24.0 Å². The topological polar surface area (TPSA) is 40.1 Å². The highest BCUT2D eigenvalue weighted by Gasteiger charge is 2.27. The van der Waals surface area contributed by atoms with Crippen molar-refractivity contribution in [3.05, 3.63) is 30.3 Å². The van der Waals surface area contributed by atoms with Crippen molar-refractivity contribution in [2.45, 2.75) is 38.7 Å². The van der Waals surface area contributed by atoms with Crippen LogP contribution >= 0.6 is 24.0 Å². The number of guanidine groups is 1. The molecule has 2 aliphatic heterocycles. The maximum atomic E-state index is 5.95. The Morgan fingerprint density at radius 2 is 1.93 bits per heavy atom. The van der Waals surface area contributed by atoms with Gasteiger partial charge >= 0.3 is 0 Å². The lowest BCUT2D eigenvalue weighted by Crippen LogP contribution is -2.44. The van der Waals surface area contributed by atoms with Crippen molar-refractivity contribution in [3.8, 4) is 5.75 Å². The molecule has 1 aromatic carbocycles. The number of nitrogens with zero attached hydrogens (tertiary/aromatic N) is 3. The number of piperidine rings is 1. The van der Waals surface area contributed by atoms with E-state index in [1.807, 2.05) is 37.4 Å². The molecule has 5 nitrogen and oxygen atoms in total. The average molecular weight is 486 g/mol. The highest BCUT2D eigenvalue weighted by molar-refractivity contribution is 14.0. The van der Waals surface area contributed by atoms with Gasteiger partial charge in [0.25, 0.3) is 0 Å². The third-order valence-corrected chi connectivity index (χ3v) is 5.39. The molecule has 0 radical (unpaired) electrons. The van der Waals surface area contributed by atoms with E-state index < -0.39 is 0 Å². The van der Waals surface area contributed by atoms with Crippen molar-refractivity contribution < 1.29 is 4.74 Å². The number of nitrogens with one attached hydrogen (secondary N) is 1. The van der Waals surface area contributed by atoms with Crippen LogP contribution in [-0.4, -0.2) is 68.2 Å². The second-order valence-electron chi connectivity index (χ2n) is 7.63. The highest BCUT2D eigenvalue weighted by Crippen LogP contribution is 2.20. The third-order valence-electron chi connectivity index (χ3n) is 5.39. The second-order valence-corrected chi connectivity index (χ2v) is 7.63. The van der Waals surface area contributed by atoms with E-state index in [0.717, 1.165) is 37.3 Å². The van der Waals surface area contributed by atoms with Crippen molar-refractivity contribution in [2.24, 2.45) is 10.9 Å². The Morgan fingerprint density at radius 1 is 1.19 bits per heavy atom. The number of aliphatic imine (C=N–C) groups is 1. The van der Waals surface area contributed by atoms with Gasteiger partial charge in [-0.05, 0) is 57.3 Å².